The predicted octanol–water partition coefficient (Wildman–Crippen LogP) is 0.969. The summed E-state index contributed by atoms with van der Waals surface area (Å²) in [6.07, 6.45) is 2.60. The van der Waals surface area contributed by atoms with E-state index in [1.807, 2.05) is 18.7 Å². The third-order valence-corrected chi connectivity index (χ3v) is 2.80. The summed E-state index contributed by atoms with van der Waals surface area (Å²) in [4.78, 5) is 14.0. The molecule has 5 nitrogen and oxygen atoms in total. The lowest BCUT2D eigenvalue weighted by Gasteiger charge is -2.21. The topological polar surface area (TPSA) is 58.2 Å². The zero-order chi connectivity index (χ0) is 11.5. The number of amides is 1. The Balaban J connectivity index is 2.12. The molecule has 0 spiro atoms. The fourth-order valence-corrected chi connectivity index (χ4v) is 1.92. The quantitative estimate of drug-likeness (QED) is 0.771. The lowest BCUT2D eigenvalue weighted by atomic mass is 10.2. The first kappa shape index (κ1) is 11.1. The SMILES string of the molecule is Cc1[nH]ncc1C(=O)N1CCCOC(C)C1. The van der Waals surface area contributed by atoms with Crippen molar-refractivity contribution in [3.8, 4) is 0 Å². The van der Waals surface area contributed by atoms with Crippen LogP contribution in [-0.4, -0.2) is 46.8 Å². The summed E-state index contributed by atoms with van der Waals surface area (Å²) >= 11 is 0. The van der Waals surface area contributed by atoms with E-state index in [1.54, 1.807) is 6.20 Å². The number of aromatic amines is 1. The minimum atomic E-state index is 0.0450. The third kappa shape index (κ3) is 2.24. The van der Waals surface area contributed by atoms with Gasteiger partial charge in [0.2, 0.25) is 0 Å². The monoisotopic (exact) mass is 223 g/mol. The van der Waals surface area contributed by atoms with Gasteiger partial charge in [0.15, 0.2) is 0 Å². The molecule has 1 N–H and O–H groups in total. The Kier molecular flexibility index (Phi) is 3.24. The molecule has 1 aliphatic heterocycles. The van der Waals surface area contributed by atoms with Crippen molar-refractivity contribution >= 4 is 5.91 Å². The molecule has 1 unspecified atom stereocenters. The van der Waals surface area contributed by atoms with Gasteiger partial charge in [-0.2, -0.15) is 5.10 Å². The average molecular weight is 223 g/mol. The summed E-state index contributed by atoms with van der Waals surface area (Å²) in [6, 6.07) is 0. The molecular formula is C11H17N3O2. The third-order valence-electron chi connectivity index (χ3n) is 2.80. The summed E-state index contributed by atoms with van der Waals surface area (Å²) in [5.74, 6) is 0.0450. The Morgan fingerprint density at radius 1 is 1.69 bits per heavy atom. The number of nitrogens with zero attached hydrogens (tertiary/aromatic N) is 2. The first-order valence-corrected chi connectivity index (χ1v) is 5.59. The normalized spacial score (nSPS) is 21.9. The van der Waals surface area contributed by atoms with Crippen molar-refractivity contribution in [1.82, 2.24) is 15.1 Å². The van der Waals surface area contributed by atoms with Crippen LogP contribution >= 0.6 is 0 Å². The first-order valence-electron chi connectivity index (χ1n) is 5.59. The van der Waals surface area contributed by atoms with E-state index in [0.717, 1.165) is 25.3 Å². The highest BCUT2D eigenvalue weighted by atomic mass is 16.5. The van der Waals surface area contributed by atoms with Crippen LogP contribution < -0.4 is 0 Å². The van der Waals surface area contributed by atoms with Crippen LogP contribution in [0.25, 0.3) is 0 Å². The number of hydrogen-bond donors (Lipinski definition) is 1. The van der Waals surface area contributed by atoms with E-state index < -0.39 is 0 Å². The van der Waals surface area contributed by atoms with E-state index in [2.05, 4.69) is 10.2 Å². The molecule has 0 aromatic carbocycles. The summed E-state index contributed by atoms with van der Waals surface area (Å²) < 4.78 is 5.51. The summed E-state index contributed by atoms with van der Waals surface area (Å²) in [7, 11) is 0. The Hall–Kier alpha value is -1.36. The van der Waals surface area contributed by atoms with Gasteiger partial charge in [0.1, 0.15) is 0 Å². The molecule has 0 radical (unpaired) electrons. The van der Waals surface area contributed by atoms with Crippen LogP contribution in [0.15, 0.2) is 6.20 Å². The summed E-state index contributed by atoms with van der Waals surface area (Å²) in [6.45, 7) is 6.00. The van der Waals surface area contributed by atoms with Crippen LogP contribution in [0.1, 0.15) is 29.4 Å². The largest absolute Gasteiger partial charge is 0.377 e. The van der Waals surface area contributed by atoms with Crippen molar-refractivity contribution in [3.05, 3.63) is 17.5 Å². The number of aromatic nitrogens is 2. The number of aryl methyl sites for hydroxylation is 1. The van der Waals surface area contributed by atoms with Crippen molar-refractivity contribution < 1.29 is 9.53 Å². The van der Waals surface area contributed by atoms with Gasteiger partial charge in [0.05, 0.1) is 17.9 Å². The maximum absolute atomic E-state index is 12.2. The summed E-state index contributed by atoms with van der Waals surface area (Å²) in [5.41, 5.74) is 1.48. The van der Waals surface area contributed by atoms with E-state index in [1.165, 1.54) is 0 Å². The number of hydrogen-bond acceptors (Lipinski definition) is 3. The van der Waals surface area contributed by atoms with E-state index in [9.17, 15) is 4.79 Å². The van der Waals surface area contributed by atoms with Gasteiger partial charge in [-0.05, 0) is 20.3 Å². The molecular weight excluding hydrogens is 206 g/mol. The van der Waals surface area contributed by atoms with Gasteiger partial charge < -0.3 is 9.64 Å². The van der Waals surface area contributed by atoms with Crippen LogP contribution in [0.5, 0.6) is 0 Å². The van der Waals surface area contributed by atoms with E-state index in [0.29, 0.717) is 12.1 Å². The lowest BCUT2D eigenvalue weighted by Crippen LogP contribution is -2.36. The van der Waals surface area contributed by atoms with Gasteiger partial charge in [-0.3, -0.25) is 9.89 Å². The molecule has 1 atom stereocenters. The van der Waals surface area contributed by atoms with Crippen molar-refractivity contribution in [1.29, 1.82) is 0 Å². The Morgan fingerprint density at radius 3 is 3.19 bits per heavy atom. The molecule has 1 amide bonds. The Bertz CT molecular complexity index is 375. The second-order valence-corrected chi connectivity index (χ2v) is 4.19. The molecule has 5 heteroatoms. The maximum atomic E-state index is 12.2. The molecule has 0 aliphatic carbocycles. The molecule has 2 heterocycles. The van der Waals surface area contributed by atoms with Gasteiger partial charge in [-0.25, -0.2) is 0 Å². The predicted molar refractivity (Wildman–Crippen MR) is 59.3 cm³/mol. The molecule has 16 heavy (non-hydrogen) atoms. The van der Waals surface area contributed by atoms with E-state index in [4.69, 9.17) is 4.74 Å². The van der Waals surface area contributed by atoms with E-state index >= 15 is 0 Å². The molecule has 1 saturated heterocycles. The van der Waals surface area contributed by atoms with Gasteiger partial charge in [-0.15, -0.1) is 0 Å². The van der Waals surface area contributed by atoms with Crippen LogP contribution in [-0.2, 0) is 4.74 Å². The second kappa shape index (κ2) is 4.65. The van der Waals surface area contributed by atoms with Crippen molar-refractivity contribution in [2.75, 3.05) is 19.7 Å². The summed E-state index contributed by atoms with van der Waals surface area (Å²) in [5, 5.41) is 6.66. The minimum absolute atomic E-state index is 0.0450. The number of ether oxygens (including phenoxy) is 1. The average Bonchev–Trinajstić information content (AvgIpc) is 2.55. The zero-order valence-corrected chi connectivity index (χ0v) is 9.69. The second-order valence-electron chi connectivity index (χ2n) is 4.19. The van der Waals surface area contributed by atoms with Crippen molar-refractivity contribution in [3.63, 3.8) is 0 Å². The first-order chi connectivity index (χ1) is 7.68. The highest BCUT2D eigenvalue weighted by molar-refractivity contribution is 5.95. The zero-order valence-electron chi connectivity index (χ0n) is 9.69. The molecule has 2 rings (SSSR count). The van der Waals surface area contributed by atoms with Crippen molar-refractivity contribution in [2.45, 2.75) is 26.4 Å². The molecule has 88 valence electrons. The Morgan fingerprint density at radius 2 is 2.50 bits per heavy atom. The maximum Gasteiger partial charge on any atom is 0.257 e. The van der Waals surface area contributed by atoms with Crippen LogP contribution in [0.2, 0.25) is 0 Å². The highest BCUT2D eigenvalue weighted by Crippen LogP contribution is 2.12. The number of carbonyl (C=O) groups excluding carboxylic acids is 1. The fourth-order valence-electron chi connectivity index (χ4n) is 1.92. The number of H-pyrrole nitrogens is 1. The van der Waals surface area contributed by atoms with Crippen LogP contribution in [0, 0.1) is 6.92 Å². The van der Waals surface area contributed by atoms with Gasteiger partial charge in [-0.1, -0.05) is 0 Å². The van der Waals surface area contributed by atoms with Crippen LogP contribution in [0.3, 0.4) is 0 Å². The molecule has 0 bridgehead atoms. The highest BCUT2D eigenvalue weighted by Gasteiger charge is 2.22. The smallest absolute Gasteiger partial charge is 0.257 e. The molecule has 0 saturated carbocycles. The molecule has 1 aromatic heterocycles. The molecule has 1 fully saturated rings. The number of carbonyl (C=O) groups is 1. The van der Waals surface area contributed by atoms with Crippen LogP contribution in [0.4, 0.5) is 0 Å². The fraction of sp³-hybridized carbons (Fsp3) is 0.636. The van der Waals surface area contributed by atoms with Gasteiger partial charge >= 0.3 is 0 Å². The number of rotatable bonds is 1. The van der Waals surface area contributed by atoms with Crippen molar-refractivity contribution in [2.24, 2.45) is 0 Å². The molecule has 1 aromatic rings. The number of nitrogens with one attached hydrogen (secondary N) is 1. The standard InChI is InChI=1S/C11H17N3O2/c1-8-7-14(4-3-5-16-8)11(15)10-6-12-13-9(10)2/h6,8H,3-5,7H2,1-2H3,(H,12,13). The molecule has 1 aliphatic rings. The van der Waals surface area contributed by atoms with E-state index in [-0.39, 0.29) is 12.0 Å². The lowest BCUT2D eigenvalue weighted by molar-refractivity contribution is 0.0562. The van der Waals surface area contributed by atoms with Gasteiger partial charge in [0.25, 0.3) is 5.91 Å². The Labute approximate surface area is 94.8 Å². The van der Waals surface area contributed by atoms with Gasteiger partial charge in [0, 0.05) is 25.4 Å². The minimum Gasteiger partial charge on any atom is -0.377 e.